The summed E-state index contributed by atoms with van der Waals surface area (Å²) in [5.41, 5.74) is -0.0726. The van der Waals surface area contributed by atoms with Gasteiger partial charge in [-0.3, -0.25) is 4.79 Å². The van der Waals surface area contributed by atoms with Crippen LogP contribution >= 0.6 is 0 Å². The zero-order valence-corrected chi connectivity index (χ0v) is 11.7. The van der Waals surface area contributed by atoms with Crippen LogP contribution < -0.4 is 5.32 Å². The van der Waals surface area contributed by atoms with Crippen LogP contribution in [0.4, 0.5) is 4.39 Å². The molecule has 0 aromatic heterocycles. The van der Waals surface area contributed by atoms with Crippen LogP contribution in [-0.2, 0) is 9.59 Å². The fourth-order valence-corrected chi connectivity index (χ4v) is 1.62. The fourth-order valence-electron chi connectivity index (χ4n) is 1.62. The smallest absolute Gasteiger partial charge is 0.326 e. The molecule has 0 aliphatic rings. The molecular formula is C15H18FNO3. The van der Waals surface area contributed by atoms with Gasteiger partial charge in [0.05, 0.1) is 0 Å². The first-order valence-corrected chi connectivity index (χ1v) is 6.17. The van der Waals surface area contributed by atoms with E-state index in [2.05, 4.69) is 5.32 Å². The molecule has 1 unspecified atom stereocenters. The third-order valence-electron chi connectivity index (χ3n) is 2.68. The normalized spacial score (nSPS) is 13.2. The maximum absolute atomic E-state index is 13.0. The number of benzene rings is 1. The maximum Gasteiger partial charge on any atom is 0.326 e. The number of hydrogen-bond acceptors (Lipinski definition) is 2. The molecule has 1 rings (SSSR count). The highest BCUT2D eigenvalue weighted by atomic mass is 19.1. The molecule has 108 valence electrons. The summed E-state index contributed by atoms with van der Waals surface area (Å²) < 4.78 is 13.0. The molecule has 0 heterocycles. The summed E-state index contributed by atoms with van der Waals surface area (Å²) in [5.74, 6) is -2.02. The molecule has 0 bridgehead atoms. The van der Waals surface area contributed by atoms with Crippen molar-refractivity contribution in [2.24, 2.45) is 5.41 Å². The molecule has 0 fully saturated rings. The largest absolute Gasteiger partial charge is 0.480 e. The van der Waals surface area contributed by atoms with E-state index in [0.717, 1.165) is 0 Å². The quantitative estimate of drug-likeness (QED) is 0.832. The molecule has 0 spiro atoms. The molecule has 1 aromatic rings. The van der Waals surface area contributed by atoms with Crippen molar-refractivity contribution in [3.8, 4) is 0 Å². The lowest BCUT2D eigenvalue weighted by Crippen LogP contribution is -2.48. The number of hydrogen-bond donors (Lipinski definition) is 2. The van der Waals surface area contributed by atoms with Gasteiger partial charge in [-0.05, 0) is 29.2 Å². The summed E-state index contributed by atoms with van der Waals surface area (Å²) in [5, 5.41) is 11.5. The third-order valence-corrected chi connectivity index (χ3v) is 2.68. The van der Waals surface area contributed by atoms with Crippen molar-refractivity contribution in [3.63, 3.8) is 0 Å². The van der Waals surface area contributed by atoms with Crippen molar-refractivity contribution in [1.82, 2.24) is 5.32 Å². The van der Waals surface area contributed by atoms with Gasteiger partial charge < -0.3 is 10.4 Å². The predicted molar refractivity (Wildman–Crippen MR) is 74.5 cm³/mol. The minimum absolute atomic E-state index is 0.398. The first-order chi connectivity index (χ1) is 9.20. The Morgan fingerprint density at radius 1 is 1.35 bits per heavy atom. The van der Waals surface area contributed by atoms with E-state index in [4.69, 9.17) is 5.11 Å². The average Bonchev–Trinajstić information content (AvgIpc) is 2.31. The highest BCUT2D eigenvalue weighted by Crippen LogP contribution is 2.19. The fraction of sp³-hybridized carbons (Fsp3) is 0.333. The van der Waals surface area contributed by atoms with Crippen LogP contribution in [0, 0.1) is 11.2 Å². The molecule has 1 aromatic carbocycles. The second-order valence-corrected chi connectivity index (χ2v) is 5.53. The number of carbonyl (C=O) groups excluding carboxylic acids is 1. The van der Waals surface area contributed by atoms with Gasteiger partial charge in [0.1, 0.15) is 11.9 Å². The van der Waals surface area contributed by atoms with E-state index in [1.54, 1.807) is 26.8 Å². The van der Waals surface area contributed by atoms with Crippen LogP contribution in [-0.4, -0.2) is 23.0 Å². The van der Waals surface area contributed by atoms with Gasteiger partial charge in [0.2, 0.25) is 5.91 Å². The SMILES string of the molecule is CC(C)(C)C(NC(=O)/C=C/c1cccc(F)c1)C(=O)O. The number of nitrogens with one attached hydrogen (secondary N) is 1. The topological polar surface area (TPSA) is 66.4 Å². The lowest BCUT2D eigenvalue weighted by atomic mass is 9.87. The van der Waals surface area contributed by atoms with Gasteiger partial charge in [-0.15, -0.1) is 0 Å². The molecule has 0 aliphatic carbocycles. The molecule has 1 amide bonds. The Labute approximate surface area is 117 Å². The van der Waals surface area contributed by atoms with E-state index >= 15 is 0 Å². The lowest BCUT2D eigenvalue weighted by molar-refractivity contribution is -0.144. The lowest BCUT2D eigenvalue weighted by Gasteiger charge is -2.27. The number of halogens is 1. The number of amides is 1. The van der Waals surface area contributed by atoms with Gasteiger partial charge in [0, 0.05) is 6.08 Å². The van der Waals surface area contributed by atoms with E-state index < -0.39 is 29.2 Å². The first-order valence-electron chi connectivity index (χ1n) is 6.17. The molecule has 4 nitrogen and oxygen atoms in total. The van der Waals surface area contributed by atoms with Crippen molar-refractivity contribution in [2.45, 2.75) is 26.8 Å². The zero-order chi connectivity index (χ0) is 15.3. The van der Waals surface area contributed by atoms with E-state index in [1.807, 2.05) is 0 Å². The maximum atomic E-state index is 13.0. The van der Waals surface area contributed by atoms with Crippen molar-refractivity contribution in [2.75, 3.05) is 0 Å². The molecule has 20 heavy (non-hydrogen) atoms. The second kappa shape index (κ2) is 6.32. The summed E-state index contributed by atoms with van der Waals surface area (Å²) in [6, 6.07) is 4.76. The van der Waals surface area contributed by atoms with Crippen molar-refractivity contribution in [1.29, 1.82) is 0 Å². The van der Waals surface area contributed by atoms with E-state index in [0.29, 0.717) is 5.56 Å². The van der Waals surface area contributed by atoms with E-state index in [1.165, 1.54) is 30.4 Å². The minimum Gasteiger partial charge on any atom is -0.480 e. The summed E-state index contributed by atoms with van der Waals surface area (Å²) in [6.07, 6.45) is 2.62. The van der Waals surface area contributed by atoms with Gasteiger partial charge in [0.25, 0.3) is 0 Å². The van der Waals surface area contributed by atoms with Gasteiger partial charge in [-0.2, -0.15) is 0 Å². The number of carboxylic acid groups (broad SMARTS) is 1. The highest BCUT2D eigenvalue weighted by molar-refractivity contribution is 5.94. The average molecular weight is 279 g/mol. The van der Waals surface area contributed by atoms with Crippen LogP contribution in [0.1, 0.15) is 26.3 Å². The summed E-state index contributed by atoms with van der Waals surface area (Å²) >= 11 is 0. The number of carbonyl (C=O) groups is 2. The summed E-state index contributed by atoms with van der Waals surface area (Å²) in [7, 11) is 0. The monoisotopic (exact) mass is 279 g/mol. The van der Waals surface area contributed by atoms with Crippen LogP contribution in [0.15, 0.2) is 30.3 Å². The Kier molecular flexibility index (Phi) is 5.02. The Bertz CT molecular complexity index is 532. The molecule has 1 atom stereocenters. The number of rotatable bonds is 4. The zero-order valence-electron chi connectivity index (χ0n) is 11.7. The van der Waals surface area contributed by atoms with Gasteiger partial charge in [0.15, 0.2) is 0 Å². The molecule has 0 radical (unpaired) electrons. The van der Waals surface area contributed by atoms with Gasteiger partial charge >= 0.3 is 5.97 Å². The van der Waals surface area contributed by atoms with E-state index in [-0.39, 0.29) is 0 Å². The standard InChI is InChI=1S/C15H18FNO3/c1-15(2,3)13(14(19)20)17-12(18)8-7-10-5-4-6-11(16)9-10/h4-9,13H,1-3H3,(H,17,18)(H,19,20)/b8-7+. The molecule has 0 aliphatic heterocycles. The van der Waals surface area contributed by atoms with Crippen LogP contribution in [0.25, 0.3) is 6.08 Å². The number of aliphatic carboxylic acids is 1. The Morgan fingerprint density at radius 3 is 2.50 bits per heavy atom. The van der Waals surface area contributed by atoms with Crippen molar-refractivity contribution in [3.05, 3.63) is 41.7 Å². The van der Waals surface area contributed by atoms with Crippen LogP contribution in [0.3, 0.4) is 0 Å². The Hall–Kier alpha value is -2.17. The Balaban J connectivity index is 2.74. The molecule has 2 N–H and O–H groups in total. The summed E-state index contributed by atoms with van der Waals surface area (Å²) in [6.45, 7) is 5.17. The van der Waals surface area contributed by atoms with Crippen LogP contribution in [0.5, 0.6) is 0 Å². The summed E-state index contributed by atoms with van der Waals surface area (Å²) in [4.78, 5) is 22.8. The second-order valence-electron chi connectivity index (χ2n) is 5.53. The number of carboxylic acids is 1. The molecule has 0 saturated carbocycles. The first kappa shape index (κ1) is 15.9. The van der Waals surface area contributed by atoms with Gasteiger partial charge in [-0.25, -0.2) is 9.18 Å². The van der Waals surface area contributed by atoms with Crippen molar-refractivity contribution >= 4 is 18.0 Å². The van der Waals surface area contributed by atoms with Crippen molar-refractivity contribution < 1.29 is 19.1 Å². The molecule has 5 heteroatoms. The van der Waals surface area contributed by atoms with E-state index in [9.17, 15) is 14.0 Å². The third kappa shape index (κ3) is 4.84. The predicted octanol–water partition coefficient (Wildman–Crippen LogP) is 2.45. The highest BCUT2D eigenvalue weighted by Gasteiger charge is 2.31. The molecule has 0 saturated heterocycles. The van der Waals surface area contributed by atoms with Crippen LogP contribution in [0.2, 0.25) is 0 Å². The Morgan fingerprint density at radius 2 is 2.00 bits per heavy atom. The van der Waals surface area contributed by atoms with Gasteiger partial charge in [-0.1, -0.05) is 32.9 Å². The minimum atomic E-state index is -1.09. The molecular weight excluding hydrogens is 261 g/mol.